The Morgan fingerprint density at radius 2 is 0.884 bits per heavy atom. The molecule has 0 saturated heterocycles. The second-order valence-corrected chi connectivity index (χ2v) is 44.5. The van der Waals surface area contributed by atoms with Crippen LogP contribution in [-0.4, -0.2) is 147 Å². The van der Waals surface area contributed by atoms with Crippen LogP contribution in [0.1, 0.15) is 87.5 Å². The molecule has 112 heavy (non-hydrogen) atoms. The fraction of sp³-hybridized carbons (Fsp3) is 0.325. The van der Waals surface area contributed by atoms with Crippen LogP contribution in [0.4, 0.5) is 30.6 Å². The molecular formula is C80H83F3I2N18O7Si2. The molecule has 578 valence electrons. The number of hydrogen-bond acceptors (Lipinski definition) is 19. The molecule has 0 unspecified atom stereocenters. The maximum absolute atomic E-state index is 14.6. The standard InChI is InChI=1S/C32H37FN6O4Si.C27H30FIN6O2Si.C21H16FIN6O/c1-7-43-25(40)15-14-24-26-30(38(31(41)32(26,2)3)20-42-17-18-44(4,5)6)36-28(35-24)27-22-12-10-16-34-29(22)39(37-27)19-21-11-8-9-13-23(21)33;1-27(2)20-22(29)31-23(32-25(20)34(26(27)36)16-37-13-14-38(3,4)5)21-18-10-8-12-30-24(18)35(33-21)15-17-9-6-7-11-19(17)28;1-21(2)14-16(23)25-18(26-17(14)27-20(21)30)15-12-7-5-9-24-19(12)29(28-15)10-11-6-3-4-8-13(11)22/h8-16H,7,17-20H2,1-6H3;6-12H,13-16H2,1-5H3;3-9H,10H2,1-2H3,(H,25,26,27,30)/b15-14+;;. The minimum absolute atomic E-state index is 0.0290. The normalized spacial score (nSPS) is 14.7. The fourth-order valence-electron chi connectivity index (χ4n) is 13.3. The number of fused-ring (bicyclic) bond motifs is 6. The Balaban J connectivity index is 0.000000150. The average molecular weight is 1780 g/mol. The maximum atomic E-state index is 14.6. The number of esters is 1. The van der Waals surface area contributed by atoms with Gasteiger partial charge in [-0.1, -0.05) is 93.9 Å². The minimum Gasteiger partial charge on any atom is -0.463 e. The summed E-state index contributed by atoms with van der Waals surface area (Å²) >= 11 is 4.29. The number of aromatic nitrogens is 15. The lowest BCUT2D eigenvalue weighted by molar-refractivity contribution is -0.137. The fourth-order valence-corrected chi connectivity index (χ4v) is 17.1. The summed E-state index contributed by atoms with van der Waals surface area (Å²) in [7, 11) is -2.61. The van der Waals surface area contributed by atoms with Crippen molar-refractivity contribution in [2.24, 2.45) is 0 Å². The van der Waals surface area contributed by atoms with Gasteiger partial charge in [0.25, 0.3) is 0 Å². The van der Waals surface area contributed by atoms with E-state index in [-0.39, 0.29) is 80.7 Å². The van der Waals surface area contributed by atoms with Crippen LogP contribution < -0.4 is 15.1 Å². The zero-order chi connectivity index (χ0) is 79.9. The molecule has 0 aliphatic carbocycles. The number of carbonyl (C=O) groups is 4. The van der Waals surface area contributed by atoms with Gasteiger partial charge >= 0.3 is 5.97 Å². The van der Waals surface area contributed by atoms with Gasteiger partial charge in [0.15, 0.2) is 34.4 Å². The second kappa shape index (κ2) is 32.2. The number of nitrogens with one attached hydrogen (secondary N) is 1. The molecule has 0 saturated carbocycles. The molecule has 3 aliphatic heterocycles. The highest BCUT2D eigenvalue weighted by molar-refractivity contribution is 14.1. The van der Waals surface area contributed by atoms with Gasteiger partial charge in [0, 0.05) is 87.4 Å². The van der Waals surface area contributed by atoms with Crippen molar-refractivity contribution in [1.82, 2.24) is 74.2 Å². The number of halogens is 5. The van der Waals surface area contributed by atoms with E-state index in [4.69, 9.17) is 44.3 Å². The zero-order valence-electron chi connectivity index (χ0n) is 64.2. The van der Waals surface area contributed by atoms with Crippen LogP contribution in [0, 0.1) is 24.9 Å². The average Bonchev–Trinajstić information content (AvgIpc) is 1.59. The van der Waals surface area contributed by atoms with Crippen molar-refractivity contribution in [1.29, 1.82) is 0 Å². The van der Waals surface area contributed by atoms with Crippen LogP contribution in [0.3, 0.4) is 0 Å². The van der Waals surface area contributed by atoms with Gasteiger partial charge in [-0.2, -0.15) is 15.3 Å². The lowest BCUT2D eigenvalue weighted by Crippen LogP contribution is -2.38. The molecule has 0 bridgehead atoms. The van der Waals surface area contributed by atoms with Gasteiger partial charge in [-0.25, -0.2) is 76.9 Å². The highest BCUT2D eigenvalue weighted by atomic mass is 127. The van der Waals surface area contributed by atoms with Crippen LogP contribution in [0.25, 0.3) is 73.7 Å². The zero-order valence-corrected chi connectivity index (χ0v) is 70.5. The van der Waals surface area contributed by atoms with Crippen molar-refractivity contribution in [2.45, 2.75) is 136 Å². The number of hydrogen-bond donors (Lipinski definition) is 1. The van der Waals surface area contributed by atoms with E-state index in [9.17, 15) is 32.3 Å². The third-order valence-corrected chi connectivity index (χ3v) is 24.4. The molecule has 0 radical (unpaired) electrons. The Morgan fingerprint density at radius 3 is 1.29 bits per heavy atom. The molecule has 9 aromatic heterocycles. The summed E-state index contributed by atoms with van der Waals surface area (Å²) in [5.41, 5.74) is 4.77. The summed E-state index contributed by atoms with van der Waals surface area (Å²) in [4.78, 5) is 97.1. The van der Waals surface area contributed by atoms with E-state index < -0.39 is 38.4 Å². The van der Waals surface area contributed by atoms with Gasteiger partial charge in [0.05, 0.1) is 64.3 Å². The molecule has 12 aromatic rings. The molecule has 3 aromatic carbocycles. The van der Waals surface area contributed by atoms with Crippen LogP contribution in [0.5, 0.6) is 0 Å². The van der Waals surface area contributed by atoms with Crippen molar-refractivity contribution >= 4 is 142 Å². The van der Waals surface area contributed by atoms with E-state index in [2.05, 4.69) is 120 Å². The Bertz CT molecular complexity index is 5700. The summed E-state index contributed by atoms with van der Waals surface area (Å²) in [6.45, 7) is 28.6. The van der Waals surface area contributed by atoms with Gasteiger partial charge in [-0.3, -0.25) is 24.2 Å². The van der Waals surface area contributed by atoms with Crippen LogP contribution in [-0.2, 0) is 69.3 Å². The summed E-state index contributed by atoms with van der Waals surface area (Å²) < 4.78 is 66.6. The number of ether oxygens (including phenoxy) is 3. The van der Waals surface area contributed by atoms with E-state index in [1.807, 2.05) is 71.9 Å². The SMILES string of the molecule is CC1(C)C(=O)N(COCC[Si](C)(C)C)c2nc(-c3nn(Cc4ccccc4F)c4ncccc34)nc(I)c21.CC1(C)C(=O)Nc2nc(-c3nn(Cc4ccccc4F)c4ncccc34)nc(I)c21.CCOC(=O)/C=C/c1nc(-c2nn(Cc3ccccc3F)c3ncccc23)nc2c1C(C)(C)C(=O)N2COCC[Si](C)(C)C. The van der Waals surface area contributed by atoms with Crippen LogP contribution in [0.2, 0.25) is 51.4 Å². The van der Waals surface area contributed by atoms with Crippen molar-refractivity contribution in [3.05, 3.63) is 198 Å². The number of pyridine rings is 3. The summed E-state index contributed by atoms with van der Waals surface area (Å²) in [6, 6.07) is 32.7. The topological polar surface area (TPSA) is 284 Å². The molecule has 25 nitrogen and oxygen atoms in total. The molecular weight excluding hydrogens is 1690 g/mol. The molecule has 32 heteroatoms. The molecule has 0 fully saturated rings. The molecule has 0 spiro atoms. The van der Waals surface area contributed by atoms with Crippen molar-refractivity contribution in [3.63, 3.8) is 0 Å². The van der Waals surface area contributed by atoms with E-state index in [0.29, 0.717) is 117 Å². The lowest BCUT2D eigenvalue weighted by Gasteiger charge is -2.21. The Morgan fingerprint density at radius 1 is 0.500 bits per heavy atom. The summed E-state index contributed by atoms with van der Waals surface area (Å²) in [6.07, 6.45) is 7.83. The predicted molar refractivity (Wildman–Crippen MR) is 444 cm³/mol. The van der Waals surface area contributed by atoms with Crippen molar-refractivity contribution in [3.8, 4) is 34.6 Å². The summed E-state index contributed by atoms with van der Waals surface area (Å²) in [5, 5.41) is 19.2. The largest absolute Gasteiger partial charge is 0.463 e. The van der Waals surface area contributed by atoms with Crippen molar-refractivity contribution < 1.29 is 46.6 Å². The first kappa shape index (κ1) is 80.0. The molecule has 0 atom stereocenters. The first-order valence-corrected chi connectivity index (χ1v) is 46.0. The molecule has 12 heterocycles. The number of anilines is 3. The van der Waals surface area contributed by atoms with E-state index in [1.165, 1.54) is 29.2 Å². The molecule has 1 N–H and O–H groups in total. The van der Waals surface area contributed by atoms with Gasteiger partial charge in [-0.05, 0) is 166 Å². The number of nitrogens with zero attached hydrogens (tertiary/aromatic N) is 17. The molecule has 3 aliphatic rings. The van der Waals surface area contributed by atoms with E-state index >= 15 is 0 Å². The van der Waals surface area contributed by atoms with Crippen molar-refractivity contribution in [2.75, 3.05) is 48.4 Å². The first-order valence-electron chi connectivity index (χ1n) is 36.4. The number of benzene rings is 3. The third kappa shape index (κ3) is 16.5. The lowest BCUT2D eigenvalue weighted by atomic mass is 9.85. The monoisotopic (exact) mass is 1770 g/mol. The van der Waals surface area contributed by atoms with E-state index in [0.717, 1.165) is 34.0 Å². The quantitative estimate of drug-likeness (QED) is 0.0165. The molecule has 15 rings (SSSR count). The second-order valence-electron chi connectivity index (χ2n) is 31.2. The maximum Gasteiger partial charge on any atom is 0.330 e. The van der Waals surface area contributed by atoms with Gasteiger partial charge < -0.3 is 19.5 Å². The molecule has 3 amide bonds. The number of amides is 3. The van der Waals surface area contributed by atoms with Gasteiger partial charge in [0.1, 0.15) is 72.8 Å². The summed E-state index contributed by atoms with van der Waals surface area (Å²) in [5.74, 6) is 0.597. The minimum atomic E-state index is -1.34. The highest BCUT2D eigenvalue weighted by Gasteiger charge is 2.50. The predicted octanol–water partition coefficient (Wildman–Crippen LogP) is 15.1. The van der Waals surface area contributed by atoms with Gasteiger partial charge in [0.2, 0.25) is 17.7 Å². The highest BCUT2D eigenvalue weighted by Crippen LogP contribution is 2.46. The smallest absolute Gasteiger partial charge is 0.330 e. The number of rotatable bonds is 22. The van der Waals surface area contributed by atoms with Crippen LogP contribution in [0.15, 0.2) is 134 Å². The Kier molecular flexibility index (Phi) is 23.0. The van der Waals surface area contributed by atoms with Gasteiger partial charge in [-0.15, -0.1) is 0 Å². The first-order chi connectivity index (χ1) is 53.2. The van der Waals surface area contributed by atoms with Crippen LogP contribution >= 0.6 is 45.2 Å². The Labute approximate surface area is 674 Å². The Hall–Kier alpha value is -10.0. The number of carbonyl (C=O) groups excluding carboxylic acids is 4. The third-order valence-electron chi connectivity index (χ3n) is 19.5. The van der Waals surface area contributed by atoms with E-state index in [1.54, 1.807) is 111 Å².